The molecule has 3 rings (SSSR count). The van der Waals surface area contributed by atoms with E-state index in [1.165, 1.54) is 12.8 Å². The molecule has 1 aromatic rings. The van der Waals surface area contributed by atoms with Crippen molar-refractivity contribution in [2.45, 2.75) is 43.8 Å². The first-order valence-corrected chi connectivity index (χ1v) is 8.39. The topological polar surface area (TPSA) is 41.3 Å². The summed E-state index contributed by atoms with van der Waals surface area (Å²) in [6.45, 7) is 4.01. The molecule has 3 N–H and O–H groups in total. The molecule has 0 aromatic heterocycles. The zero-order chi connectivity index (χ0) is 14.3. The van der Waals surface area contributed by atoms with Crippen molar-refractivity contribution < 1.29 is 0 Å². The molecule has 2 fully saturated rings. The van der Waals surface area contributed by atoms with Crippen molar-refractivity contribution in [1.82, 2.24) is 4.90 Å². The molecule has 0 bridgehead atoms. The van der Waals surface area contributed by atoms with Gasteiger partial charge in [0.05, 0.1) is 10.6 Å². The maximum Gasteiger partial charge on any atom is 0.0637 e. The Hall–Kier alpha value is -0.290. The number of nitrogens with two attached hydrogens (primary N) is 1. The van der Waals surface area contributed by atoms with Crippen molar-refractivity contribution in [3.05, 3.63) is 27.7 Å². The van der Waals surface area contributed by atoms with Crippen LogP contribution in [0, 0.1) is 0 Å². The lowest BCUT2D eigenvalue weighted by molar-refractivity contribution is 0.252. The summed E-state index contributed by atoms with van der Waals surface area (Å²) < 4.78 is 0.918. The van der Waals surface area contributed by atoms with Crippen LogP contribution in [0.3, 0.4) is 0 Å². The van der Waals surface area contributed by atoms with E-state index in [1.54, 1.807) is 0 Å². The quantitative estimate of drug-likeness (QED) is 0.866. The Labute approximate surface area is 134 Å². The van der Waals surface area contributed by atoms with Gasteiger partial charge in [0.1, 0.15) is 0 Å². The Morgan fingerprint density at radius 3 is 2.85 bits per heavy atom. The number of hydrogen-bond donors (Lipinski definition) is 2. The molecule has 2 unspecified atom stereocenters. The van der Waals surface area contributed by atoms with Gasteiger partial charge in [0.15, 0.2) is 0 Å². The molecular formula is C15H21BrClN3. The Morgan fingerprint density at radius 2 is 2.25 bits per heavy atom. The number of halogens is 2. The zero-order valence-corrected chi connectivity index (χ0v) is 14.0. The number of hydrogen-bond acceptors (Lipinski definition) is 3. The predicted molar refractivity (Wildman–Crippen MR) is 88.4 cm³/mol. The summed E-state index contributed by atoms with van der Waals surface area (Å²) in [5.74, 6) is 0. The number of anilines is 1. The number of nitrogens with one attached hydrogen (secondary N) is 1. The van der Waals surface area contributed by atoms with E-state index >= 15 is 0 Å². The molecule has 1 aliphatic carbocycles. The van der Waals surface area contributed by atoms with E-state index in [2.05, 4.69) is 33.1 Å². The van der Waals surface area contributed by atoms with Gasteiger partial charge in [-0.1, -0.05) is 11.6 Å². The van der Waals surface area contributed by atoms with Gasteiger partial charge in [-0.05, 0) is 60.3 Å². The van der Waals surface area contributed by atoms with E-state index < -0.39 is 0 Å². The second kappa shape index (κ2) is 5.48. The highest BCUT2D eigenvalue weighted by molar-refractivity contribution is 9.10. The summed E-state index contributed by atoms with van der Waals surface area (Å²) in [4.78, 5) is 2.62. The molecule has 2 aliphatic rings. The molecule has 2 atom stereocenters. The molecule has 1 aromatic carbocycles. The minimum Gasteiger partial charge on any atom is -0.377 e. The number of rotatable bonds is 4. The van der Waals surface area contributed by atoms with Crippen molar-refractivity contribution >= 4 is 33.2 Å². The molecule has 1 heterocycles. The van der Waals surface area contributed by atoms with Gasteiger partial charge in [0.2, 0.25) is 0 Å². The van der Waals surface area contributed by atoms with Gasteiger partial charge in [-0.3, -0.25) is 4.90 Å². The normalized spacial score (nSPS) is 30.7. The number of benzene rings is 1. The highest BCUT2D eigenvalue weighted by atomic mass is 79.9. The van der Waals surface area contributed by atoms with Crippen molar-refractivity contribution in [2.75, 3.05) is 18.4 Å². The first-order valence-electron chi connectivity index (χ1n) is 7.22. The van der Waals surface area contributed by atoms with E-state index in [0.717, 1.165) is 34.2 Å². The lowest BCUT2D eigenvalue weighted by Crippen LogP contribution is -2.48. The second-order valence-electron chi connectivity index (χ2n) is 6.19. The Balaban J connectivity index is 1.77. The van der Waals surface area contributed by atoms with Gasteiger partial charge < -0.3 is 11.1 Å². The molecule has 0 radical (unpaired) electrons. The molecule has 1 saturated heterocycles. The fourth-order valence-electron chi connectivity index (χ4n) is 3.32. The Bertz CT molecular complexity index is 506. The summed E-state index contributed by atoms with van der Waals surface area (Å²) in [5, 5.41) is 4.39. The molecule has 110 valence electrons. The average molecular weight is 359 g/mol. The van der Waals surface area contributed by atoms with Crippen LogP contribution in [0.1, 0.15) is 26.2 Å². The third-order valence-corrected chi connectivity index (χ3v) is 5.69. The van der Waals surface area contributed by atoms with E-state index in [0.29, 0.717) is 12.6 Å². The van der Waals surface area contributed by atoms with Gasteiger partial charge in [-0.2, -0.15) is 0 Å². The molecule has 1 aliphatic heterocycles. The second-order valence-corrected chi connectivity index (χ2v) is 7.46. The van der Waals surface area contributed by atoms with E-state index in [9.17, 15) is 0 Å². The van der Waals surface area contributed by atoms with Crippen LogP contribution in [0.2, 0.25) is 5.02 Å². The van der Waals surface area contributed by atoms with Crippen molar-refractivity contribution in [3.63, 3.8) is 0 Å². The SMILES string of the molecule is CC1CC(CN)(Nc2ccc(Cl)c(Br)c2)CN1C1CC1. The molecule has 3 nitrogen and oxygen atoms in total. The van der Waals surface area contributed by atoms with Crippen LogP contribution < -0.4 is 11.1 Å². The lowest BCUT2D eigenvalue weighted by Gasteiger charge is -2.30. The van der Waals surface area contributed by atoms with Gasteiger partial charge in [-0.15, -0.1) is 0 Å². The minimum atomic E-state index is -0.0186. The van der Waals surface area contributed by atoms with Crippen molar-refractivity contribution in [3.8, 4) is 0 Å². The standard InChI is InChI=1S/C15H21BrClN3/c1-10-7-15(8-18,9-20(10)12-3-4-12)19-11-2-5-14(17)13(16)6-11/h2,5-6,10,12,19H,3-4,7-9,18H2,1H3. The lowest BCUT2D eigenvalue weighted by atomic mass is 9.96. The summed E-state index contributed by atoms with van der Waals surface area (Å²) in [7, 11) is 0. The van der Waals surface area contributed by atoms with Crippen molar-refractivity contribution in [1.29, 1.82) is 0 Å². The van der Waals surface area contributed by atoms with Crippen LogP contribution in [0.15, 0.2) is 22.7 Å². The third kappa shape index (κ3) is 2.84. The fourth-order valence-corrected chi connectivity index (χ4v) is 3.81. The summed E-state index contributed by atoms with van der Waals surface area (Å²) in [5.41, 5.74) is 7.16. The van der Waals surface area contributed by atoms with Crippen LogP contribution in [0.25, 0.3) is 0 Å². The predicted octanol–water partition coefficient (Wildman–Crippen LogP) is 3.47. The summed E-state index contributed by atoms with van der Waals surface area (Å²) >= 11 is 9.53. The van der Waals surface area contributed by atoms with Gasteiger partial charge in [-0.25, -0.2) is 0 Å². The molecule has 20 heavy (non-hydrogen) atoms. The monoisotopic (exact) mass is 357 g/mol. The average Bonchev–Trinajstić information content (AvgIpc) is 3.20. The van der Waals surface area contributed by atoms with Crippen LogP contribution in [0.5, 0.6) is 0 Å². The van der Waals surface area contributed by atoms with Crippen LogP contribution in [-0.4, -0.2) is 35.6 Å². The maximum absolute atomic E-state index is 6.10. The molecule has 5 heteroatoms. The van der Waals surface area contributed by atoms with Gasteiger partial charge >= 0.3 is 0 Å². The summed E-state index contributed by atoms with van der Waals surface area (Å²) in [6, 6.07) is 7.36. The highest BCUT2D eigenvalue weighted by Gasteiger charge is 2.46. The Kier molecular flexibility index (Phi) is 4.01. The molecule has 0 amide bonds. The van der Waals surface area contributed by atoms with Gasteiger partial charge in [0, 0.05) is 35.3 Å². The van der Waals surface area contributed by atoms with Gasteiger partial charge in [0.25, 0.3) is 0 Å². The first-order chi connectivity index (χ1) is 9.53. The Morgan fingerprint density at radius 1 is 1.50 bits per heavy atom. The highest BCUT2D eigenvalue weighted by Crippen LogP contribution is 2.38. The fraction of sp³-hybridized carbons (Fsp3) is 0.600. The summed E-state index contributed by atoms with van der Waals surface area (Å²) in [6.07, 6.45) is 3.79. The van der Waals surface area contributed by atoms with Crippen LogP contribution >= 0.6 is 27.5 Å². The molecule has 1 saturated carbocycles. The smallest absolute Gasteiger partial charge is 0.0637 e. The van der Waals surface area contributed by atoms with Crippen molar-refractivity contribution in [2.24, 2.45) is 5.73 Å². The van der Waals surface area contributed by atoms with E-state index in [4.69, 9.17) is 17.3 Å². The van der Waals surface area contributed by atoms with Crippen LogP contribution in [-0.2, 0) is 0 Å². The third-order valence-electron chi connectivity index (χ3n) is 4.47. The first kappa shape index (κ1) is 14.6. The molecular weight excluding hydrogens is 338 g/mol. The number of likely N-dealkylation sites (tertiary alicyclic amines) is 1. The number of nitrogens with zero attached hydrogens (tertiary/aromatic N) is 1. The maximum atomic E-state index is 6.10. The van der Waals surface area contributed by atoms with Crippen LogP contribution in [0.4, 0.5) is 5.69 Å². The largest absolute Gasteiger partial charge is 0.377 e. The minimum absolute atomic E-state index is 0.0186. The zero-order valence-electron chi connectivity index (χ0n) is 11.7. The van der Waals surface area contributed by atoms with E-state index in [-0.39, 0.29) is 5.54 Å². The van der Waals surface area contributed by atoms with E-state index in [1.807, 2.05) is 18.2 Å². The molecule has 0 spiro atoms.